The second-order valence-corrected chi connectivity index (χ2v) is 25.4. The van der Waals surface area contributed by atoms with Gasteiger partial charge in [-0.05, 0) is 0 Å². The van der Waals surface area contributed by atoms with Gasteiger partial charge in [-0.1, -0.05) is 0 Å². The molecule has 5 rings (SSSR count). The molecule has 5 nitrogen and oxygen atoms in total. The summed E-state index contributed by atoms with van der Waals surface area (Å²) in [6, 6.07) is 17.8. The molecule has 0 amide bonds. The van der Waals surface area contributed by atoms with Gasteiger partial charge >= 0.3 is 347 Å². The van der Waals surface area contributed by atoms with Crippen molar-refractivity contribution in [2.45, 2.75) is 163 Å². The summed E-state index contributed by atoms with van der Waals surface area (Å²) in [7, 11) is -7.78. The first-order valence-electron chi connectivity index (χ1n) is 20.4. The minimum absolute atomic E-state index is 0.0192. The van der Waals surface area contributed by atoms with Crippen LogP contribution in [0.4, 0.5) is 0 Å². The molecule has 0 saturated heterocycles. The minimum atomic E-state index is -5.08. The summed E-state index contributed by atoms with van der Waals surface area (Å²) in [5, 5.41) is 4.14. The van der Waals surface area contributed by atoms with Crippen molar-refractivity contribution in [2.24, 2.45) is 0 Å². The van der Waals surface area contributed by atoms with Gasteiger partial charge in [0.05, 0.1) is 0 Å². The average molecular weight is 813 g/mol. The molecule has 3 N–H and O–H groups in total. The summed E-state index contributed by atoms with van der Waals surface area (Å²) < 4.78 is 27.2. The summed E-state index contributed by atoms with van der Waals surface area (Å²) >= 11 is 0. The third-order valence-electron chi connectivity index (χ3n) is 11.6. The van der Waals surface area contributed by atoms with Crippen LogP contribution in [0.2, 0.25) is 0 Å². The Morgan fingerprint density at radius 2 is 0.877 bits per heavy atom. The van der Waals surface area contributed by atoms with E-state index in [0.717, 1.165) is 49.4 Å². The fourth-order valence-corrected chi connectivity index (χ4v) is 9.95. The standard InChI is InChI=1S/C50H69O5PS/c1-45(2,3)31-21-29-23-37(47(7,8)9)35(27-33(29)39(25-31)49(13,14)15)43-41(56(51,52)53)19-20-42(57(54)55)44(43)36-28-34-30(24-38(36)48(10,11)12)22-32(46(4,5)6)26-40(34)50(16,17)18/h19-28,44,51-53,56H,1-18H3. The van der Waals surface area contributed by atoms with E-state index in [9.17, 15) is 23.1 Å². The summed E-state index contributed by atoms with van der Waals surface area (Å²) in [5.41, 5.74) is 6.83. The molecular weight excluding hydrogens is 744 g/mol. The molecule has 0 saturated carbocycles. The van der Waals surface area contributed by atoms with E-state index >= 15 is 0 Å². The number of hydrogen-bond donors (Lipinski definition) is 3. The van der Waals surface area contributed by atoms with Gasteiger partial charge < -0.3 is 0 Å². The van der Waals surface area contributed by atoms with Gasteiger partial charge in [0, 0.05) is 0 Å². The molecule has 0 fully saturated rings. The van der Waals surface area contributed by atoms with Crippen LogP contribution in [0.25, 0.3) is 27.1 Å². The van der Waals surface area contributed by atoms with Gasteiger partial charge in [0.1, 0.15) is 0 Å². The van der Waals surface area contributed by atoms with Crippen molar-refractivity contribution in [3.05, 3.63) is 111 Å². The Kier molecular flexibility index (Phi) is 11.3. The van der Waals surface area contributed by atoms with E-state index in [0.29, 0.717) is 11.1 Å². The first-order chi connectivity index (χ1) is 25.5. The van der Waals surface area contributed by atoms with Crippen molar-refractivity contribution in [3.8, 4) is 0 Å². The maximum atomic E-state index is 13.6. The topological polar surface area (TPSA) is 94.8 Å². The van der Waals surface area contributed by atoms with Crippen LogP contribution in [0, 0.1) is 0 Å². The van der Waals surface area contributed by atoms with Crippen LogP contribution >= 0.6 is 7.94 Å². The quantitative estimate of drug-likeness (QED) is 0.141. The molecule has 0 spiro atoms. The number of fused-ring (bicyclic) bond motifs is 2. The van der Waals surface area contributed by atoms with E-state index in [-0.39, 0.29) is 31.8 Å². The van der Waals surface area contributed by atoms with Crippen LogP contribution in [-0.4, -0.2) is 28.0 Å². The van der Waals surface area contributed by atoms with Gasteiger partial charge in [-0.2, -0.15) is 0 Å². The molecule has 0 aromatic heterocycles. The van der Waals surface area contributed by atoms with Crippen molar-refractivity contribution >= 4 is 50.2 Å². The van der Waals surface area contributed by atoms with Gasteiger partial charge in [0.25, 0.3) is 0 Å². The number of allylic oxidation sites excluding steroid dienone is 4. The molecule has 0 bridgehead atoms. The van der Waals surface area contributed by atoms with Crippen molar-refractivity contribution < 1.29 is 23.1 Å². The molecule has 4 aromatic carbocycles. The molecule has 7 heteroatoms. The zero-order valence-electron chi connectivity index (χ0n) is 37.9. The molecule has 4 aromatic rings. The first kappa shape index (κ1) is 45.0. The van der Waals surface area contributed by atoms with E-state index in [1.807, 2.05) is 0 Å². The van der Waals surface area contributed by atoms with Gasteiger partial charge in [-0.15, -0.1) is 0 Å². The van der Waals surface area contributed by atoms with E-state index in [4.69, 9.17) is 0 Å². The Bertz CT molecular complexity index is 2480. The Morgan fingerprint density at radius 3 is 1.25 bits per heavy atom. The zero-order chi connectivity index (χ0) is 43.4. The Morgan fingerprint density at radius 1 is 0.474 bits per heavy atom. The third-order valence-corrected chi connectivity index (χ3v) is 13.5. The second-order valence-electron chi connectivity index (χ2n) is 22.7. The van der Waals surface area contributed by atoms with E-state index in [1.54, 1.807) is 0 Å². The van der Waals surface area contributed by atoms with Crippen LogP contribution in [0.1, 0.15) is 175 Å². The third kappa shape index (κ3) is 8.92. The molecule has 310 valence electrons. The van der Waals surface area contributed by atoms with Gasteiger partial charge in [0.15, 0.2) is 0 Å². The van der Waals surface area contributed by atoms with Gasteiger partial charge in [-0.25, -0.2) is 0 Å². The van der Waals surface area contributed by atoms with E-state index in [2.05, 4.69) is 173 Å². The van der Waals surface area contributed by atoms with Crippen molar-refractivity contribution in [2.75, 3.05) is 0 Å². The second kappa shape index (κ2) is 14.3. The van der Waals surface area contributed by atoms with Gasteiger partial charge in [0.2, 0.25) is 0 Å². The summed E-state index contributed by atoms with van der Waals surface area (Å²) in [4.78, 5) is 34.4. The molecule has 0 aliphatic heterocycles. The Balaban J connectivity index is 2.10. The Labute approximate surface area is 345 Å². The summed E-state index contributed by atoms with van der Waals surface area (Å²) in [6.07, 6.45) is 2.87. The van der Waals surface area contributed by atoms with Crippen molar-refractivity contribution in [1.29, 1.82) is 0 Å². The fraction of sp³-hybridized carbons (Fsp3) is 0.500. The SMILES string of the molecule is CC(C)(C)c1cc(C(C)(C)C)c2cc(C3=C([PH](O)(O)O)C=CC(=S(=O)=O)C3c3cc4c(C(C)(C)C)cc(C(C)(C)C)cc4cc3C(C)(C)C)c(C(C)(C)C)cc2c1. The summed E-state index contributed by atoms with van der Waals surface area (Å²) in [6.45, 7) is 39.3. The van der Waals surface area contributed by atoms with E-state index < -0.39 is 35.0 Å². The molecule has 0 radical (unpaired) electrons. The van der Waals surface area contributed by atoms with E-state index in [1.165, 1.54) is 23.3 Å². The Hall–Kier alpha value is -3.12. The van der Waals surface area contributed by atoms with Crippen LogP contribution in [-0.2, 0) is 42.8 Å². The predicted molar refractivity (Wildman–Crippen MR) is 248 cm³/mol. The predicted octanol–water partition coefficient (Wildman–Crippen LogP) is 12.4. The molecule has 0 heterocycles. The van der Waals surface area contributed by atoms with Crippen LogP contribution in [0.5, 0.6) is 0 Å². The van der Waals surface area contributed by atoms with Crippen LogP contribution < -0.4 is 0 Å². The normalized spacial score (nSPS) is 16.9. The van der Waals surface area contributed by atoms with Crippen LogP contribution in [0.15, 0.2) is 66.0 Å². The molecule has 57 heavy (non-hydrogen) atoms. The number of benzene rings is 4. The maximum absolute atomic E-state index is 13.6. The molecule has 1 unspecified atom stereocenters. The fourth-order valence-electron chi connectivity index (χ4n) is 8.38. The molecule has 1 aliphatic rings. The summed E-state index contributed by atoms with van der Waals surface area (Å²) in [5.74, 6) is -0.958. The average Bonchev–Trinajstić information content (AvgIpc) is 3.02. The number of rotatable bonds is 3. The molecular formula is C50H69O5PS. The van der Waals surface area contributed by atoms with Gasteiger partial charge in [-0.3, -0.25) is 0 Å². The first-order valence-corrected chi connectivity index (χ1v) is 23.3. The zero-order valence-corrected chi connectivity index (χ0v) is 39.7. The number of hydrogen-bond acceptors (Lipinski definition) is 5. The van der Waals surface area contributed by atoms with Crippen molar-refractivity contribution in [3.63, 3.8) is 0 Å². The monoisotopic (exact) mass is 812 g/mol. The van der Waals surface area contributed by atoms with Crippen LogP contribution in [0.3, 0.4) is 0 Å². The molecule has 1 atom stereocenters. The van der Waals surface area contributed by atoms with Crippen molar-refractivity contribution in [1.82, 2.24) is 0 Å². The molecule has 1 aliphatic carbocycles.